The van der Waals surface area contributed by atoms with Crippen LogP contribution in [0, 0.1) is 0 Å². The number of nitrogens with zero attached hydrogens (tertiary/aromatic N) is 5. The summed E-state index contributed by atoms with van der Waals surface area (Å²) in [5, 5.41) is 8.00. The highest BCUT2D eigenvalue weighted by Crippen LogP contribution is 2.33. The molecule has 27 heavy (non-hydrogen) atoms. The van der Waals surface area contributed by atoms with Crippen LogP contribution in [0.4, 0.5) is 11.5 Å². The van der Waals surface area contributed by atoms with Gasteiger partial charge in [0.05, 0.1) is 24.0 Å². The van der Waals surface area contributed by atoms with Gasteiger partial charge in [-0.3, -0.25) is 9.67 Å². The van der Waals surface area contributed by atoms with Crippen molar-refractivity contribution < 1.29 is 5.43 Å². The standard InChI is InChI=1S/C19H16ClN7/c1-26-11-14(9-22-26)17-8-15(20)18-19(23-17)27(25-24-18)10-12-4-5-16-13(7-12)3-2-6-21-16/h2-9,11,24-25H,10H2,1H3/p+1. The van der Waals surface area contributed by atoms with Gasteiger partial charge in [0.25, 0.3) is 0 Å². The van der Waals surface area contributed by atoms with Crippen LogP contribution < -0.4 is 16.0 Å². The summed E-state index contributed by atoms with van der Waals surface area (Å²) in [6.07, 6.45) is 5.52. The van der Waals surface area contributed by atoms with Gasteiger partial charge >= 0.3 is 0 Å². The number of hydrazine groups is 1. The van der Waals surface area contributed by atoms with E-state index in [9.17, 15) is 0 Å². The van der Waals surface area contributed by atoms with Gasteiger partial charge in [-0.2, -0.15) is 5.10 Å². The number of halogens is 1. The minimum absolute atomic E-state index is 0.661. The monoisotopic (exact) mass is 378 g/mol. The van der Waals surface area contributed by atoms with Crippen molar-refractivity contribution >= 4 is 34.0 Å². The third kappa shape index (κ3) is 2.91. The molecule has 0 spiro atoms. The van der Waals surface area contributed by atoms with E-state index in [-0.39, 0.29) is 0 Å². The van der Waals surface area contributed by atoms with Gasteiger partial charge in [0, 0.05) is 30.4 Å². The van der Waals surface area contributed by atoms with Gasteiger partial charge in [0.2, 0.25) is 11.5 Å². The molecule has 0 atom stereocenters. The number of fused-ring (bicyclic) bond motifs is 2. The van der Waals surface area contributed by atoms with E-state index in [1.807, 2.05) is 41.9 Å². The van der Waals surface area contributed by atoms with Gasteiger partial charge in [-0.05, 0) is 29.8 Å². The number of pyridine rings is 2. The average molecular weight is 379 g/mol. The first kappa shape index (κ1) is 16.2. The molecule has 8 heteroatoms. The Labute approximate surface area is 160 Å². The Hall–Kier alpha value is -3.00. The number of rotatable bonds is 3. The van der Waals surface area contributed by atoms with Crippen LogP contribution in [0.5, 0.6) is 0 Å². The fourth-order valence-corrected chi connectivity index (χ4v) is 3.52. The molecule has 4 heterocycles. The zero-order chi connectivity index (χ0) is 18.4. The van der Waals surface area contributed by atoms with E-state index < -0.39 is 0 Å². The van der Waals surface area contributed by atoms with Crippen molar-refractivity contribution in [3.8, 4) is 11.3 Å². The Balaban J connectivity index is 1.50. The molecule has 1 aliphatic heterocycles. The summed E-state index contributed by atoms with van der Waals surface area (Å²) in [4.78, 5) is 9.20. The molecule has 3 N–H and O–H groups in total. The molecule has 4 aromatic rings. The van der Waals surface area contributed by atoms with Gasteiger partial charge < -0.3 is 0 Å². The van der Waals surface area contributed by atoms with Crippen LogP contribution in [0.15, 0.2) is 55.0 Å². The summed E-state index contributed by atoms with van der Waals surface area (Å²) in [7, 11) is 1.88. The summed E-state index contributed by atoms with van der Waals surface area (Å²) in [5.41, 5.74) is 9.94. The van der Waals surface area contributed by atoms with Crippen molar-refractivity contribution in [1.82, 2.24) is 25.3 Å². The predicted octanol–water partition coefficient (Wildman–Crippen LogP) is 2.32. The highest BCUT2D eigenvalue weighted by molar-refractivity contribution is 6.33. The van der Waals surface area contributed by atoms with Crippen molar-refractivity contribution in [3.05, 3.63) is 65.6 Å². The zero-order valence-corrected chi connectivity index (χ0v) is 15.4. The van der Waals surface area contributed by atoms with Gasteiger partial charge in [-0.15, -0.1) is 0 Å². The molecule has 1 aromatic carbocycles. The third-order valence-electron chi connectivity index (χ3n) is 4.62. The highest BCUT2D eigenvalue weighted by Gasteiger charge is 2.29. The molecule has 5 rings (SSSR count). The molecule has 0 fully saturated rings. The number of anilines is 1. The van der Waals surface area contributed by atoms with Crippen LogP contribution in [0.25, 0.3) is 22.2 Å². The first-order valence-corrected chi connectivity index (χ1v) is 8.95. The SMILES string of the molecule is Cn1cc(-c2cc(Cl)c3c(n2)N(Cc2ccc4ncccc4c2)N[NH2+]3)cn1. The highest BCUT2D eigenvalue weighted by atomic mass is 35.5. The number of nitrogens with one attached hydrogen (secondary N) is 1. The molecular formula is C19H17ClN7+. The second kappa shape index (κ2) is 6.31. The number of hydrogen-bond donors (Lipinski definition) is 2. The van der Waals surface area contributed by atoms with Crippen LogP contribution in [0.1, 0.15) is 5.56 Å². The largest absolute Gasteiger partial charge is 0.275 e. The van der Waals surface area contributed by atoms with E-state index in [4.69, 9.17) is 16.6 Å². The predicted molar refractivity (Wildman–Crippen MR) is 104 cm³/mol. The summed E-state index contributed by atoms with van der Waals surface area (Å²) >= 11 is 6.50. The number of aryl methyl sites for hydroxylation is 1. The first-order valence-electron chi connectivity index (χ1n) is 8.57. The molecule has 7 nitrogen and oxygen atoms in total. The Morgan fingerprint density at radius 1 is 1.22 bits per heavy atom. The number of quaternary nitrogens is 1. The Bertz CT molecular complexity index is 1150. The third-order valence-corrected chi connectivity index (χ3v) is 4.93. The fraction of sp³-hybridized carbons (Fsp3) is 0.105. The maximum absolute atomic E-state index is 6.50. The molecule has 0 unspecified atom stereocenters. The summed E-state index contributed by atoms with van der Waals surface area (Å²) in [6.45, 7) is 0.661. The molecule has 0 saturated carbocycles. The minimum Gasteiger partial charge on any atom is -0.275 e. The van der Waals surface area contributed by atoms with Crippen LogP contribution in [0.2, 0.25) is 5.02 Å². The van der Waals surface area contributed by atoms with Crippen LogP contribution in [-0.4, -0.2) is 19.7 Å². The summed E-state index contributed by atoms with van der Waals surface area (Å²) in [6, 6.07) is 12.2. The first-order chi connectivity index (χ1) is 13.2. The number of hydrogen-bond acceptors (Lipinski definition) is 5. The van der Waals surface area contributed by atoms with Gasteiger partial charge in [0.15, 0.2) is 0 Å². The summed E-state index contributed by atoms with van der Waals surface area (Å²) in [5.74, 6) is 0.813. The maximum atomic E-state index is 6.50. The van der Waals surface area contributed by atoms with Gasteiger partial charge in [-0.1, -0.05) is 29.3 Å². The number of aromatic nitrogens is 4. The Morgan fingerprint density at radius 3 is 3.00 bits per heavy atom. The molecule has 0 saturated heterocycles. The molecule has 0 amide bonds. The summed E-state index contributed by atoms with van der Waals surface area (Å²) < 4.78 is 1.75. The van der Waals surface area contributed by atoms with Crippen molar-refractivity contribution in [1.29, 1.82) is 0 Å². The average Bonchev–Trinajstić information content (AvgIpc) is 3.28. The molecular weight excluding hydrogens is 362 g/mol. The second-order valence-corrected chi connectivity index (χ2v) is 6.93. The lowest BCUT2D eigenvalue weighted by Gasteiger charge is -2.15. The molecule has 0 radical (unpaired) electrons. The number of nitrogens with two attached hydrogens (primary N) is 1. The van der Waals surface area contributed by atoms with E-state index in [0.717, 1.165) is 39.2 Å². The lowest BCUT2D eigenvalue weighted by molar-refractivity contribution is -0.625. The molecule has 1 aliphatic rings. The van der Waals surface area contributed by atoms with Gasteiger partial charge in [-0.25, -0.2) is 15.4 Å². The maximum Gasteiger partial charge on any atom is 0.213 e. The topological polar surface area (TPSA) is 75.5 Å². The van der Waals surface area contributed by atoms with Crippen LogP contribution >= 0.6 is 11.6 Å². The van der Waals surface area contributed by atoms with Crippen LogP contribution in [-0.2, 0) is 13.6 Å². The van der Waals surface area contributed by atoms with Crippen molar-refractivity contribution in [3.63, 3.8) is 0 Å². The smallest absolute Gasteiger partial charge is 0.213 e. The van der Waals surface area contributed by atoms with E-state index in [1.54, 1.807) is 17.1 Å². The van der Waals surface area contributed by atoms with Crippen molar-refractivity contribution in [2.75, 3.05) is 5.01 Å². The Morgan fingerprint density at radius 2 is 2.15 bits per heavy atom. The molecule has 0 bridgehead atoms. The van der Waals surface area contributed by atoms with Crippen LogP contribution in [0.3, 0.4) is 0 Å². The van der Waals surface area contributed by atoms with Crippen molar-refractivity contribution in [2.24, 2.45) is 7.05 Å². The zero-order valence-electron chi connectivity index (χ0n) is 14.6. The quantitative estimate of drug-likeness (QED) is 0.535. The minimum atomic E-state index is 0.661. The number of benzene rings is 1. The Kier molecular flexibility index (Phi) is 3.78. The molecule has 134 valence electrons. The van der Waals surface area contributed by atoms with E-state index in [2.05, 4.69) is 33.8 Å². The van der Waals surface area contributed by atoms with E-state index in [0.29, 0.717) is 11.6 Å². The van der Waals surface area contributed by atoms with E-state index in [1.165, 1.54) is 0 Å². The van der Waals surface area contributed by atoms with Gasteiger partial charge in [0.1, 0.15) is 5.02 Å². The molecule has 3 aromatic heterocycles. The lowest BCUT2D eigenvalue weighted by Crippen LogP contribution is -2.87. The van der Waals surface area contributed by atoms with Crippen molar-refractivity contribution in [2.45, 2.75) is 6.54 Å². The fourth-order valence-electron chi connectivity index (χ4n) is 3.28. The molecule has 0 aliphatic carbocycles. The lowest BCUT2D eigenvalue weighted by atomic mass is 10.1. The second-order valence-electron chi connectivity index (χ2n) is 6.52. The van der Waals surface area contributed by atoms with E-state index >= 15 is 0 Å². The normalized spacial score (nSPS) is 13.3.